The van der Waals surface area contributed by atoms with Crippen molar-refractivity contribution >= 4 is 5.69 Å². The monoisotopic (exact) mass is 251 g/mol. The Balaban J connectivity index is 1.54. The van der Waals surface area contributed by atoms with E-state index in [-0.39, 0.29) is 6.10 Å². The van der Waals surface area contributed by atoms with Gasteiger partial charge in [-0.15, -0.1) is 0 Å². The molecule has 0 fully saturated rings. The fourth-order valence-corrected chi connectivity index (χ4v) is 3.18. The summed E-state index contributed by atoms with van der Waals surface area (Å²) in [5, 5.41) is 3.61. The molecule has 2 aliphatic rings. The highest BCUT2D eigenvalue weighted by Gasteiger charge is 2.31. The number of hydrogen-bond donors (Lipinski definition) is 1. The van der Waals surface area contributed by atoms with Crippen molar-refractivity contribution in [1.29, 1.82) is 0 Å². The Morgan fingerprint density at radius 3 is 2.63 bits per heavy atom. The van der Waals surface area contributed by atoms with Crippen LogP contribution in [0.15, 0.2) is 48.5 Å². The van der Waals surface area contributed by atoms with Gasteiger partial charge in [0.1, 0.15) is 11.9 Å². The first kappa shape index (κ1) is 10.9. The first-order chi connectivity index (χ1) is 9.40. The minimum atomic E-state index is 0.280. The van der Waals surface area contributed by atoms with E-state index in [1.807, 2.05) is 0 Å². The number of benzene rings is 2. The summed E-state index contributed by atoms with van der Waals surface area (Å²) in [5.41, 5.74) is 4.03. The van der Waals surface area contributed by atoms with Crippen LogP contribution in [0.2, 0.25) is 0 Å². The van der Waals surface area contributed by atoms with Crippen LogP contribution in [0.25, 0.3) is 0 Å². The van der Waals surface area contributed by atoms with E-state index in [1.165, 1.54) is 16.8 Å². The summed E-state index contributed by atoms with van der Waals surface area (Å²) in [6.07, 6.45) is 3.57. The Labute approximate surface area is 113 Å². The van der Waals surface area contributed by atoms with Crippen molar-refractivity contribution in [2.75, 3.05) is 5.32 Å². The predicted octanol–water partition coefficient (Wildman–Crippen LogP) is 3.42. The van der Waals surface area contributed by atoms with E-state index in [4.69, 9.17) is 4.74 Å². The van der Waals surface area contributed by atoms with Crippen molar-refractivity contribution in [2.24, 2.45) is 0 Å². The summed E-state index contributed by atoms with van der Waals surface area (Å²) in [6.45, 7) is 0. The Hall–Kier alpha value is -1.96. The van der Waals surface area contributed by atoms with E-state index in [9.17, 15) is 0 Å². The number of rotatable bonds is 1. The third-order valence-corrected chi connectivity index (χ3v) is 4.20. The Bertz CT molecular complexity index is 583. The molecule has 0 radical (unpaired) electrons. The van der Waals surface area contributed by atoms with Crippen LogP contribution >= 0.6 is 0 Å². The number of nitrogens with one attached hydrogen (secondary N) is 1. The zero-order valence-electron chi connectivity index (χ0n) is 10.8. The molecule has 2 aliphatic heterocycles. The van der Waals surface area contributed by atoms with Crippen LogP contribution in [0.3, 0.4) is 0 Å². The van der Waals surface area contributed by atoms with Gasteiger partial charge in [-0.2, -0.15) is 0 Å². The zero-order valence-corrected chi connectivity index (χ0v) is 10.8. The number of aryl methyl sites for hydroxylation is 1. The highest BCUT2D eigenvalue weighted by atomic mass is 16.5. The lowest BCUT2D eigenvalue weighted by Crippen LogP contribution is -2.38. The second-order valence-electron chi connectivity index (χ2n) is 5.41. The van der Waals surface area contributed by atoms with Crippen LogP contribution < -0.4 is 10.1 Å². The molecule has 0 amide bonds. The maximum absolute atomic E-state index is 6.18. The van der Waals surface area contributed by atoms with Gasteiger partial charge in [-0.25, -0.2) is 0 Å². The minimum absolute atomic E-state index is 0.280. The molecule has 0 spiro atoms. The molecular weight excluding hydrogens is 234 g/mol. The lowest BCUT2D eigenvalue weighted by atomic mass is 9.96. The molecule has 0 aliphatic carbocycles. The van der Waals surface area contributed by atoms with Gasteiger partial charge in [-0.3, -0.25) is 0 Å². The average molecular weight is 251 g/mol. The molecule has 96 valence electrons. The fraction of sp³-hybridized carbons (Fsp3) is 0.294. The normalized spacial score (nSPS) is 24.0. The van der Waals surface area contributed by atoms with Gasteiger partial charge in [0.05, 0.1) is 6.04 Å². The van der Waals surface area contributed by atoms with Crippen molar-refractivity contribution < 1.29 is 4.74 Å². The van der Waals surface area contributed by atoms with Gasteiger partial charge in [0, 0.05) is 5.69 Å². The number of hydrogen-bond acceptors (Lipinski definition) is 2. The largest absolute Gasteiger partial charge is 0.488 e. The zero-order chi connectivity index (χ0) is 12.7. The third-order valence-electron chi connectivity index (χ3n) is 4.20. The van der Waals surface area contributed by atoms with Gasteiger partial charge >= 0.3 is 0 Å². The van der Waals surface area contributed by atoms with E-state index in [0.29, 0.717) is 6.04 Å². The second kappa shape index (κ2) is 4.30. The maximum Gasteiger partial charge on any atom is 0.123 e. The van der Waals surface area contributed by atoms with Gasteiger partial charge in [0.25, 0.3) is 0 Å². The summed E-state index contributed by atoms with van der Waals surface area (Å²) in [5.74, 6) is 1.07. The maximum atomic E-state index is 6.18. The SMILES string of the molecule is c1ccc2c(c1)CC(C1CCc3ccccc3O1)N2. The molecule has 2 aromatic carbocycles. The number of anilines is 1. The lowest BCUT2D eigenvalue weighted by molar-refractivity contribution is 0.154. The summed E-state index contributed by atoms with van der Waals surface area (Å²) >= 11 is 0. The smallest absolute Gasteiger partial charge is 0.123 e. The molecular formula is C17H17NO. The van der Waals surface area contributed by atoms with E-state index in [2.05, 4.69) is 53.8 Å². The molecule has 0 saturated heterocycles. The number of ether oxygens (including phenoxy) is 1. The number of fused-ring (bicyclic) bond motifs is 2. The van der Waals surface area contributed by atoms with Crippen molar-refractivity contribution in [1.82, 2.24) is 0 Å². The Morgan fingerprint density at radius 2 is 1.74 bits per heavy atom. The summed E-state index contributed by atoms with van der Waals surface area (Å²) in [6, 6.07) is 17.4. The van der Waals surface area contributed by atoms with Crippen molar-refractivity contribution in [3.63, 3.8) is 0 Å². The molecule has 2 aromatic rings. The van der Waals surface area contributed by atoms with Crippen LogP contribution in [0, 0.1) is 0 Å². The molecule has 2 atom stereocenters. The average Bonchev–Trinajstić information content (AvgIpc) is 2.90. The quantitative estimate of drug-likeness (QED) is 0.838. The van der Waals surface area contributed by atoms with Crippen molar-refractivity contribution in [2.45, 2.75) is 31.4 Å². The molecule has 2 unspecified atom stereocenters. The van der Waals surface area contributed by atoms with Crippen molar-refractivity contribution in [3.8, 4) is 5.75 Å². The van der Waals surface area contributed by atoms with Crippen LogP contribution in [-0.2, 0) is 12.8 Å². The van der Waals surface area contributed by atoms with Crippen LogP contribution in [-0.4, -0.2) is 12.1 Å². The highest BCUT2D eigenvalue weighted by Crippen LogP contribution is 2.33. The molecule has 2 heterocycles. The first-order valence-corrected chi connectivity index (χ1v) is 6.99. The van der Waals surface area contributed by atoms with Crippen LogP contribution in [0.5, 0.6) is 5.75 Å². The van der Waals surface area contributed by atoms with Gasteiger partial charge < -0.3 is 10.1 Å². The molecule has 1 N–H and O–H groups in total. The van der Waals surface area contributed by atoms with E-state index in [1.54, 1.807) is 0 Å². The van der Waals surface area contributed by atoms with Gasteiger partial charge in [0.15, 0.2) is 0 Å². The summed E-state index contributed by atoms with van der Waals surface area (Å²) < 4.78 is 6.18. The highest BCUT2D eigenvalue weighted by molar-refractivity contribution is 5.57. The molecule has 0 saturated carbocycles. The molecule has 0 bridgehead atoms. The van der Waals surface area contributed by atoms with Crippen molar-refractivity contribution in [3.05, 3.63) is 59.7 Å². The molecule has 0 aromatic heterocycles. The second-order valence-corrected chi connectivity index (χ2v) is 5.41. The molecule has 19 heavy (non-hydrogen) atoms. The molecule has 4 rings (SSSR count). The molecule has 2 heteroatoms. The summed E-state index contributed by atoms with van der Waals surface area (Å²) in [7, 11) is 0. The predicted molar refractivity (Wildman–Crippen MR) is 76.7 cm³/mol. The van der Waals surface area contributed by atoms with E-state index >= 15 is 0 Å². The van der Waals surface area contributed by atoms with E-state index in [0.717, 1.165) is 25.0 Å². The summed E-state index contributed by atoms with van der Waals surface area (Å²) in [4.78, 5) is 0. The topological polar surface area (TPSA) is 21.3 Å². The lowest BCUT2D eigenvalue weighted by Gasteiger charge is -2.30. The fourth-order valence-electron chi connectivity index (χ4n) is 3.18. The van der Waals surface area contributed by atoms with Crippen LogP contribution in [0.4, 0.5) is 5.69 Å². The van der Waals surface area contributed by atoms with E-state index < -0.39 is 0 Å². The Morgan fingerprint density at radius 1 is 0.947 bits per heavy atom. The first-order valence-electron chi connectivity index (χ1n) is 6.99. The van der Waals surface area contributed by atoms with Gasteiger partial charge in [-0.1, -0.05) is 36.4 Å². The Kier molecular flexibility index (Phi) is 2.47. The standard InChI is InChI=1S/C17H17NO/c1-3-7-14-13(6-1)11-15(18-14)17-10-9-12-5-2-4-8-16(12)19-17/h1-8,15,17-18H,9-11H2. The third kappa shape index (κ3) is 1.88. The van der Waals surface area contributed by atoms with Gasteiger partial charge in [-0.05, 0) is 42.5 Å². The van der Waals surface area contributed by atoms with Gasteiger partial charge in [0.2, 0.25) is 0 Å². The number of para-hydroxylation sites is 2. The van der Waals surface area contributed by atoms with Crippen LogP contribution in [0.1, 0.15) is 17.5 Å². The molecule has 2 nitrogen and oxygen atoms in total. The minimum Gasteiger partial charge on any atom is -0.488 e.